The van der Waals surface area contributed by atoms with Gasteiger partial charge in [0.05, 0.1) is 26.4 Å². The van der Waals surface area contributed by atoms with Crippen LogP contribution in [-0.2, 0) is 65.4 Å². The van der Waals surface area contributed by atoms with Gasteiger partial charge in [-0.1, -0.05) is 253 Å². The van der Waals surface area contributed by atoms with E-state index in [1.54, 1.807) is 0 Å². The van der Waals surface area contributed by atoms with Crippen LogP contribution in [0.15, 0.2) is 0 Å². The Bertz CT molecular complexity index is 1570. The van der Waals surface area contributed by atoms with Gasteiger partial charge in [0.1, 0.15) is 19.3 Å². The van der Waals surface area contributed by atoms with E-state index in [9.17, 15) is 43.2 Å². The Morgan fingerprint density at radius 2 is 0.575 bits per heavy atom. The lowest BCUT2D eigenvalue weighted by atomic mass is 10.0. The van der Waals surface area contributed by atoms with Crippen LogP contribution in [0.1, 0.15) is 304 Å². The Morgan fingerprint density at radius 3 is 0.850 bits per heavy atom. The smallest absolute Gasteiger partial charge is 0.462 e. The predicted molar refractivity (Wildman–Crippen MR) is 317 cm³/mol. The van der Waals surface area contributed by atoms with Crippen LogP contribution in [0.25, 0.3) is 0 Å². The van der Waals surface area contributed by atoms with Crippen LogP contribution in [0.2, 0.25) is 0 Å². The van der Waals surface area contributed by atoms with Gasteiger partial charge in [-0.3, -0.25) is 37.3 Å². The maximum atomic E-state index is 12.9. The molecule has 0 radical (unpaired) electrons. The lowest BCUT2D eigenvalue weighted by Gasteiger charge is -2.21. The molecule has 0 aromatic heterocycles. The average molecular weight is 1190 g/mol. The van der Waals surface area contributed by atoms with Crippen LogP contribution >= 0.6 is 15.6 Å². The minimum Gasteiger partial charge on any atom is -0.462 e. The van der Waals surface area contributed by atoms with Crippen molar-refractivity contribution in [2.45, 2.75) is 323 Å². The molecule has 0 rings (SSSR count). The second kappa shape index (κ2) is 55.0. The van der Waals surface area contributed by atoms with Crippen molar-refractivity contribution in [3.05, 3.63) is 0 Å². The van der Waals surface area contributed by atoms with E-state index in [1.165, 1.54) is 103 Å². The number of carbonyl (C=O) groups excluding carboxylic acids is 4. The van der Waals surface area contributed by atoms with Gasteiger partial charge in [0.15, 0.2) is 12.2 Å². The highest BCUT2D eigenvalue weighted by Gasteiger charge is 2.30. The first-order valence-corrected chi connectivity index (χ1v) is 35.1. The van der Waals surface area contributed by atoms with Gasteiger partial charge in [-0.2, -0.15) is 0 Å². The Kier molecular flexibility index (Phi) is 53.6. The summed E-state index contributed by atoms with van der Waals surface area (Å²) in [7, 11) is -9.87. The van der Waals surface area contributed by atoms with Crippen LogP contribution in [0.5, 0.6) is 0 Å². The molecule has 0 aromatic carbocycles. The molecule has 0 aliphatic rings. The maximum absolute atomic E-state index is 12.9. The Hall–Kier alpha value is -1.94. The predicted octanol–water partition coefficient (Wildman–Crippen LogP) is 16.6. The summed E-state index contributed by atoms with van der Waals surface area (Å²) >= 11 is 0. The summed E-state index contributed by atoms with van der Waals surface area (Å²) in [5, 5.41) is 10.5. The highest BCUT2D eigenvalue weighted by molar-refractivity contribution is 7.47. The summed E-state index contributed by atoms with van der Waals surface area (Å²) in [5.41, 5.74) is 0. The van der Waals surface area contributed by atoms with Gasteiger partial charge >= 0.3 is 39.5 Å². The third-order valence-corrected chi connectivity index (χ3v) is 15.9. The van der Waals surface area contributed by atoms with Gasteiger partial charge in [-0.25, -0.2) is 9.13 Å². The molecular formula is C61H118O17P2. The van der Waals surface area contributed by atoms with Crippen molar-refractivity contribution in [1.29, 1.82) is 0 Å². The minimum atomic E-state index is -4.94. The van der Waals surface area contributed by atoms with Gasteiger partial charge < -0.3 is 33.8 Å². The highest BCUT2D eigenvalue weighted by Crippen LogP contribution is 2.45. The monoisotopic (exact) mass is 1180 g/mol. The van der Waals surface area contributed by atoms with E-state index in [4.69, 9.17) is 37.0 Å². The second-order valence-electron chi connectivity index (χ2n) is 22.6. The standard InChI is InChI=1S/C61H118O17P2/c1-6-9-12-15-18-30-35-40-45-59(64)72-51-57(78-61(66)47-42-37-32-27-25-23-21-20-22-24-26-29-33-38-43-54(4)5)53-76-80(69,70)74-49-55(62)48-73-79(67,68)75-52-56(50-71-58(63)44-39-34-28-17-14-11-8-3)77-60(65)46-41-36-31-19-16-13-10-7-2/h54-57,62H,6-53H2,1-5H3,(H,67,68)(H,69,70)/t55-,56+,57+/m0/s1. The summed E-state index contributed by atoms with van der Waals surface area (Å²) in [6, 6.07) is 0. The second-order valence-corrected chi connectivity index (χ2v) is 25.5. The molecule has 0 spiro atoms. The van der Waals surface area contributed by atoms with E-state index in [0.717, 1.165) is 121 Å². The Balaban J connectivity index is 5.13. The molecule has 0 aromatic rings. The molecule has 80 heavy (non-hydrogen) atoms. The summed E-state index contributed by atoms with van der Waals surface area (Å²) in [6.07, 6.45) is 37.8. The molecule has 2 unspecified atom stereocenters. The van der Waals surface area contributed by atoms with Crippen molar-refractivity contribution in [3.63, 3.8) is 0 Å². The summed E-state index contributed by atoms with van der Waals surface area (Å²) in [6.45, 7) is 7.10. The zero-order valence-electron chi connectivity index (χ0n) is 51.2. The van der Waals surface area contributed by atoms with E-state index in [2.05, 4.69) is 34.6 Å². The molecule has 0 amide bonds. The van der Waals surface area contributed by atoms with Gasteiger partial charge in [0, 0.05) is 25.7 Å². The molecule has 3 N–H and O–H groups in total. The van der Waals surface area contributed by atoms with Gasteiger partial charge in [-0.05, 0) is 31.6 Å². The maximum Gasteiger partial charge on any atom is 0.472 e. The number of unbranched alkanes of at least 4 members (excludes halogenated alkanes) is 33. The number of hydrogen-bond acceptors (Lipinski definition) is 15. The van der Waals surface area contributed by atoms with Crippen molar-refractivity contribution >= 4 is 39.5 Å². The lowest BCUT2D eigenvalue weighted by Crippen LogP contribution is -2.30. The van der Waals surface area contributed by atoms with Crippen molar-refractivity contribution in [2.24, 2.45) is 5.92 Å². The number of rotatable bonds is 61. The zero-order chi connectivity index (χ0) is 59.2. The van der Waals surface area contributed by atoms with E-state index in [0.29, 0.717) is 25.7 Å². The van der Waals surface area contributed by atoms with Crippen molar-refractivity contribution in [2.75, 3.05) is 39.6 Å². The van der Waals surface area contributed by atoms with Crippen molar-refractivity contribution in [1.82, 2.24) is 0 Å². The normalized spacial score (nSPS) is 14.3. The molecule has 0 aliphatic heterocycles. The first kappa shape index (κ1) is 78.1. The molecule has 0 heterocycles. The molecular weight excluding hydrogens is 1070 g/mol. The summed E-state index contributed by atoms with van der Waals surface area (Å²) < 4.78 is 67.6. The number of esters is 4. The molecule has 0 fully saturated rings. The van der Waals surface area contributed by atoms with Crippen molar-refractivity contribution < 1.29 is 80.2 Å². The Labute approximate surface area is 486 Å². The topological polar surface area (TPSA) is 237 Å². The van der Waals surface area contributed by atoms with E-state index < -0.39 is 97.5 Å². The SMILES string of the molecule is CCCCCCCCCCC(=O)OC[C@H](COP(=O)(O)OC[C@@H](O)COP(=O)(O)OC[C@@H](COC(=O)CCCCCCCCC)OC(=O)CCCCCCCCCC)OC(=O)CCCCCCCCCCCCCCCCC(C)C. The number of hydrogen-bond donors (Lipinski definition) is 3. The largest absolute Gasteiger partial charge is 0.472 e. The molecule has 5 atom stereocenters. The number of phosphoric acid groups is 2. The molecule has 0 bridgehead atoms. The summed E-state index contributed by atoms with van der Waals surface area (Å²) in [5.74, 6) is -1.35. The fourth-order valence-corrected chi connectivity index (χ4v) is 10.6. The number of ether oxygens (including phenoxy) is 4. The number of carbonyl (C=O) groups is 4. The third kappa shape index (κ3) is 55.3. The number of phosphoric ester groups is 2. The molecule has 474 valence electrons. The van der Waals surface area contributed by atoms with Gasteiger partial charge in [0.25, 0.3) is 0 Å². The molecule has 0 saturated heterocycles. The van der Waals surface area contributed by atoms with Crippen molar-refractivity contribution in [3.8, 4) is 0 Å². The quantitative estimate of drug-likeness (QED) is 0.0222. The highest BCUT2D eigenvalue weighted by atomic mass is 31.2. The number of aliphatic hydroxyl groups excluding tert-OH is 1. The van der Waals surface area contributed by atoms with Crippen LogP contribution in [0.4, 0.5) is 0 Å². The van der Waals surface area contributed by atoms with E-state index in [-0.39, 0.29) is 25.7 Å². The van der Waals surface area contributed by atoms with Crippen LogP contribution in [0.3, 0.4) is 0 Å². The van der Waals surface area contributed by atoms with Crippen LogP contribution < -0.4 is 0 Å². The fourth-order valence-electron chi connectivity index (χ4n) is 9.05. The third-order valence-electron chi connectivity index (χ3n) is 14.0. The summed E-state index contributed by atoms with van der Waals surface area (Å²) in [4.78, 5) is 71.8. The first-order chi connectivity index (χ1) is 38.5. The van der Waals surface area contributed by atoms with Gasteiger partial charge in [0.2, 0.25) is 0 Å². The minimum absolute atomic E-state index is 0.105. The van der Waals surface area contributed by atoms with Crippen LogP contribution in [-0.4, -0.2) is 96.7 Å². The molecule has 0 saturated carbocycles. The average Bonchev–Trinajstić information content (AvgIpc) is 3.42. The molecule has 17 nitrogen and oxygen atoms in total. The zero-order valence-corrected chi connectivity index (χ0v) is 53.0. The molecule has 19 heteroatoms. The van der Waals surface area contributed by atoms with Crippen LogP contribution in [0, 0.1) is 5.92 Å². The Morgan fingerprint density at radius 1 is 0.338 bits per heavy atom. The van der Waals surface area contributed by atoms with E-state index >= 15 is 0 Å². The van der Waals surface area contributed by atoms with Gasteiger partial charge in [-0.15, -0.1) is 0 Å². The molecule has 0 aliphatic carbocycles. The first-order valence-electron chi connectivity index (χ1n) is 32.1. The number of aliphatic hydroxyl groups is 1. The lowest BCUT2D eigenvalue weighted by molar-refractivity contribution is -0.161. The fraction of sp³-hybridized carbons (Fsp3) is 0.934. The van der Waals surface area contributed by atoms with E-state index in [1.807, 2.05) is 0 Å².